The Kier molecular flexibility index (Phi) is 26.2. The molecule has 0 radical (unpaired) electrons. The van der Waals surface area contributed by atoms with Gasteiger partial charge >= 0.3 is 7.82 Å². The molecule has 0 aliphatic heterocycles. The van der Waals surface area contributed by atoms with Crippen molar-refractivity contribution in [2.24, 2.45) is 5.73 Å². The summed E-state index contributed by atoms with van der Waals surface area (Å²) in [5.74, 6) is -1.28. The van der Waals surface area contributed by atoms with Crippen LogP contribution in [0.25, 0.3) is 0 Å². The van der Waals surface area contributed by atoms with Gasteiger partial charge in [-0.15, -0.1) is 0 Å². The van der Waals surface area contributed by atoms with Gasteiger partial charge in [-0.05, 0) is 12.8 Å². The van der Waals surface area contributed by atoms with Crippen molar-refractivity contribution in [2.75, 3.05) is 6.54 Å². The lowest BCUT2D eigenvalue weighted by Gasteiger charge is -2.29. The lowest BCUT2D eigenvalue weighted by atomic mass is 9.87. The van der Waals surface area contributed by atoms with Crippen molar-refractivity contribution in [3.63, 3.8) is 0 Å². The number of rotatable bonds is 34. The Labute approximate surface area is 260 Å². The van der Waals surface area contributed by atoms with Gasteiger partial charge in [0.1, 0.15) is 1.41 Å². The van der Waals surface area contributed by atoms with E-state index in [1.165, 1.54) is 116 Å². The van der Waals surface area contributed by atoms with Gasteiger partial charge < -0.3 is 15.5 Å². The minimum Gasteiger partial charge on any atom is -0.327 e. The molecule has 250 valence electrons. The first-order valence-corrected chi connectivity index (χ1v) is 19.2. The van der Waals surface area contributed by atoms with Crippen molar-refractivity contribution >= 4 is 19.4 Å². The van der Waals surface area contributed by atoms with Gasteiger partial charge in [-0.1, -0.05) is 168 Å². The topological polar surface area (TPSA) is 127 Å². The van der Waals surface area contributed by atoms with Crippen molar-refractivity contribution in [1.82, 2.24) is 0 Å². The second-order valence-corrected chi connectivity index (χ2v) is 13.6. The lowest BCUT2D eigenvalue weighted by Crippen LogP contribution is -2.54. The van der Waals surface area contributed by atoms with Crippen LogP contribution in [0.4, 0.5) is 0 Å². The molecule has 0 aromatic rings. The summed E-state index contributed by atoms with van der Waals surface area (Å²) in [6.07, 6.45) is 30.1. The largest absolute Gasteiger partial charge is 0.471 e. The van der Waals surface area contributed by atoms with Crippen molar-refractivity contribution in [1.29, 1.82) is 0 Å². The van der Waals surface area contributed by atoms with E-state index in [1.807, 2.05) is 5.73 Å². The minimum absolute atomic E-state index is 0.00375. The number of carbonyl (C=O) groups excluding carboxylic acids is 2. The van der Waals surface area contributed by atoms with Gasteiger partial charge in [0.25, 0.3) is 0 Å². The fraction of sp³-hybridized carbons (Fsp3) is 0.941. The molecule has 0 saturated heterocycles. The van der Waals surface area contributed by atoms with Crippen molar-refractivity contribution in [3.8, 4) is 0 Å². The Bertz CT molecular complexity index is 675. The molecule has 0 spiro atoms. The average Bonchev–Trinajstić information content (AvgIpc) is 2.96. The van der Waals surface area contributed by atoms with E-state index in [9.17, 15) is 23.9 Å². The third-order valence-corrected chi connectivity index (χ3v) is 8.99. The highest BCUT2D eigenvalue weighted by molar-refractivity contribution is 7.46. The van der Waals surface area contributed by atoms with E-state index < -0.39 is 31.5 Å². The number of ketones is 2. The average molecular weight is 619 g/mol. The highest BCUT2D eigenvalue weighted by atomic mass is 31.2. The van der Waals surface area contributed by atoms with Crippen LogP contribution in [0.3, 0.4) is 0 Å². The minimum atomic E-state index is -5.13. The van der Waals surface area contributed by atoms with Crippen LogP contribution < -0.4 is 5.73 Å². The quantitative estimate of drug-likeness (QED) is 0.0372. The molecule has 4 N–H and O–H groups in total. The zero-order valence-corrected chi connectivity index (χ0v) is 28.4. The molecular weight excluding hydrogens is 549 g/mol. The molecule has 0 unspecified atom stereocenters. The molecule has 0 aliphatic carbocycles. The van der Waals surface area contributed by atoms with Crippen LogP contribution in [0, 0.1) is 0 Å². The molecule has 0 aromatic carbocycles. The second kappa shape index (κ2) is 27.9. The summed E-state index contributed by atoms with van der Waals surface area (Å²) in [5.41, 5.74) is -0.279. The summed E-state index contributed by atoms with van der Waals surface area (Å²) in [7, 11) is -5.13. The molecule has 42 heavy (non-hydrogen) atoms. The monoisotopic (exact) mass is 618 g/mol. The molecule has 0 amide bonds. The van der Waals surface area contributed by atoms with Crippen molar-refractivity contribution in [3.05, 3.63) is 0 Å². The maximum atomic E-state index is 13.2. The van der Waals surface area contributed by atoms with Crippen LogP contribution in [0.2, 0.25) is 1.41 Å². The van der Waals surface area contributed by atoms with Gasteiger partial charge in [0, 0.05) is 19.4 Å². The number of carbonyl (C=O) groups is 2. The van der Waals surface area contributed by atoms with E-state index in [4.69, 9.17) is 5.94 Å². The molecule has 0 fully saturated rings. The Morgan fingerprint density at radius 1 is 0.571 bits per heavy atom. The Hall–Kier alpha value is -0.590. The van der Waals surface area contributed by atoms with E-state index in [-0.39, 0.29) is 12.8 Å². The van der Waals surface area contributed by atoms with Gasteiger partial charge in [-0.3, -0.25) is 14.1 Å². The molecule has 8 heteroatoms. The molecule has 0 aliphatic rings. The van der Waals surface area contributed by atoms with Gasteiger partial charge in [-0.2, -0.15) is 0 Å². The van der Waals surface area contributed by atoms with Crippen LogP contribution in [0.15, 0.2) is 0 Å². The third-order valence-electron chi connectivity index (χ3n) is 8.44. The summed E-state index contributed by atoms with van der Waals surface area (Å²) in [6.45, 7) is 3.91. The van der Waals surface area contributed by atoms with Crippen LogP contribution in [-0.2, 0) is 18.7 Å². The molecule has 0 saturated carbocycles. The highest BCUT2D eigenvalue weighted by Crippen LogP contribution is 2.43. The molecule has 0 atom stereocenters. The number of Topliss-reactive ketones (excluding diaryl/α,β-unsaturated/α-hetero) is 2. The van der Waals surface area contributed by atoms with E-state index in [0.717, 1.165) is 38.5 Å². The number of hydrogen-bond donors (Lipinski definition) is 3. The molecule has 0 heterocycles. The van der Waals surface area contributed by atoms with Crippen molar-refractivity contribution < 1.29 is 29.9 Å². The maximum absolute atomic E-state index is 13.2. The zero-order valence-electron chi connectivity index (χ0n) is 28.5. The van der Waals surface area contributed by atoms with Crippen LogP contribution in [0.5, 0.6) is 0 Å². The molecule has 7 nitrogen and oxygen atoms in total. The molecular formula is C34H68NO6P. The predicted molar refractivity (Wildman–Crippen MR) is 176 cm³/mol. The van der Waals surface area contributed by atoms with Gasteiger partial charge in [0.05, 0.1) is 0 Å². The van der Waals surface area contributed by atoms with E-state index in [2.05, 4.69) is 13.8 Å². The lowest BCUT2D eigenvalue weighted by molar-refractivity contribution is -0.148. The fourth-order valence-corrected chi connectivity index (χ4v) is 6.37. The smallest absolute Gasteiger partial charge is 0.327 e. The number of phosphoric ester groups is 1. The summed E-state index contributed by atoms with van der Waals surface area (Å²) < 4.78 is 24.1. The third kappa shape index (κ3) is 22.9. The SMILES string of the molecule is [2H]NCC(OP(=O)(O)O)(C(=O)CCCCCCCCCCCCCCC)C(=O)CCCCCCCCCCCCCCC. The molecule has 0 aromatic heterocycles. The summed E-state index contributed by atoms with van der Waals surface area (Å²) in [5, 5.41) is 0. The number of hydrogen-bond acceptors (Lipinski definition) is 5. The first-order chi connectivity index (χ1) is 20.7. The first-order valence-electron chi connectivity index (χ1n) is 18.2. The Morgan fingerprint density at radius 3 is 1.07 bits per heavy atom. The normalized spacial score (nSPS) is 12.5. The van der Waals surface area contributed by atoms with E-state index in [0.29, 0.717) is 12.8 Å². The predicted octanol–water partition coefficient (Wildman–Crippen LogP) is 9.89. The summed E-state index contributed by atoms with van der Waals surface area (Å²) in [4.78, 5) is 45.5. The van der Waals surface area contributed by atoms with Crippen LogP contribution in [-0.4, -0.2) is 33.5 Å². The number of phosphoric acid groups is 1. The maximum Gasteiger partial charge on any atom is 0.471 e. The van der Waals surface area contributed by atoms with Crippen LogP contribution in [0.1, 0.15) is 194 Å². The summed E-state index contributed by atoms with van der Waals surface area (Å²) in [6, 6.07) is 0. The fourth-order valence-electron chi connectivity index (χ4n) is 5.70. The second-order valence-electron chi connectivity index (χ2n) is 12.4. The molecule has 0 rings (SSSR count). The standard InChI is InChI=1S/C34H68NO6P/c1-3-5-7-9-11-13-15-17-19-21-23-25-27-29-32(36)34(31-35,41-42(38,39)40)33(37)30-28-26-24-22-20-18-16-14-12-10-8-6-4-2/h3-31,35H2,1-2H3,(H2,38,39,40)/i/hD. The molecule has 0 bridgehead atoms. The van der Waals surface area contributed by atoms with Gasteiger partial charge in [-0.25, -0.2) is 4.57 Å². The Balaban J connectivity index is 4.39. The first kappa shape index (κ1) is 39.4. The van der Waals surface area contributed by atoms with E-state index >= 15 is 0 Å². The Morgan fingerprint density at radius 2 is 0.833 bits per heavy atom. The van der Waals surface area contributed by atoms with Gasteiger partial charge in [0.15, 0.2) is 11.6 Å². The summed E-state index contributed by atoms with van der Waals surface area (Å²) >= 11 is 0. The van der Waals surface area contributed by atoms with E-state index in [1.54, 1.807) is 0 Å². The highest BCUT2D eigenvalue weighted by Gasteiger charge is 2.48. The number of unbranched alkanes of at least 4 members (excludes halogenated alkanes) is 24. The van der Waals surface area contributed by atoms with Gasteiger partial charge in [0.2, 0.25) is 5.60 Å². The van der Waals surface area contributed by atoms with Crippen molar-refractivity contribution in [2.45, 2.75) is 199 Å². The van der Waals surface area contributed by atoms with Crippen LogP contribution >= 0.6 is 7.82 Å². The zero-order chi connectivity index (χ0) is 32.1. The number of nitrogens with two attached hydrogens (primary N) is 1.